The SMILES string of the molecule is CC(C)c1ccc(-c2nc3ccc(N)cn3c2CN(C)C2CCCCC2)cc1. The molecule has 2 heterocycles. The predicted octanol–water partition coefficient (Wildman–Crippen LogP) is 5.47. The minimum Gasteiger partial charge on any atom is -0.398 e. The van der Waals surface area contributed by atoms with Crippen molar-refractivity contribution in [3.8, 4) is 11.3 Å². The first-order chi connectivity index (χ1) is 13.5. The number of benzene rings is 1. The lowest BCUT2D eigenvalue weighted by Gasteiger charge is -2.31. The molecule has 0 spiro atoms. The average Bonchev–Trinajstić information content (AvgIpc) is 3.06. The highest BCUT2D eigenvalue weighted by Crippen LogP contribution is 2.30. The third-order valence-corrected chi connectivity index (χ3v) is 6.19. The second kappa shape index (κ2) is 7.96. The molecule has 148 valence electrons. The highest BCUT2D eigenvalue weighted by molar-refractivity contribution is 5.67. The van der Waals surface area contributed by atoms with Crippen molar-refractivity contribution < 1.29 is 0 Å². The molecule has 4 nitrogen and oxygen atoms in total. The lowest BCUT2D eigenvalue weighted by Crippen LogP contribution is -2.33. The predicted molar refractivity (Wildman–Crippen MR) is 117 cm³/mol. The van der Waals surface area contributed by atoms with Gasteiger partial charge in [-0.05, 0) is 43.5 Å². The van der Waals surface area contributed by atoms with Gasteiger partial charge in [-0.3, -0.25) is 4.90 Å². The first kappa shape index (κ1) is 19.0. The average molecular weight is 377 g/mol. The molecular weight excluding hydrogens is 344 g/mol. The Bertz CT molecular complexity index is 933. The standard InChI is InChI=1S/C24H32N4/c1-17(2)18-9-11-19(12-10-18)24-22(16-27(3)21-7-5-4-6-8-21)28-15-20(25)13-14-23(28)26-24/h9-15,17,21H,4-8,16,25H2,1-3H3. The molecule has 1 fully saturated rings. The Morgan fingerprint density at radius 2 is 1.79 bits per heavy atom. The summed E-state index contributed by atoms with van der Waals surface area (Å²) >= 11 is 0. The van der Waals surface area contributed by atoms with Crippen LogP contribution in [0.3, 0.4) is 0 Å². The zero-order chi connectivity index (χ0) is 19.7. The minimum absolute atomic E-state index is 0.534. The van der Waals surface area contributed by atoms with E-state index in [-0.39, 0.29) is 0 Å². The summed E-state index contributed by atoms with van der Waals surface area (Å²) in [6.45, 7) is 5.34. The molecule has 2 N–H and O–H groups in total. The normalized spacial score (nSPS) is 15.8. The number of fused-ring (bicyclic) bond motifs is 1. The van der Waals surface area contributed by atoms with Gasteiger partial charge in [0.2, 0.25) is 0 Å². The molecule has 1 saturated carbocycles. The maximum atomic E-state index is 6.11. The van der Waals surface area contributed by atoms with Crippen LogP contribution in [-0.4, -0.2) is 27.4 Å². The number of rotatable bonds is 5. The van der Waals surface area contributed by atoms with Crippen molar-refractivity contribution in [2.24, 2.45) is 0 Å². The van der Waals surface area contributed by atoms with E-state index in [1.54, 1.807) is 0 Å². The van der Waals surface area contributed by atoms with Crippen LogP contribution in [-0.2, 0) is 6.54 Å². The molecule has 0 saturated heterocycles. The molecule has 28 heavy (non-hydrogen) atoms. The zero-order valence-corrected chi connectivity index (χ0v) is 17.4. The summed E-state index contributed by atoms with van der Waals surface area (Å²) in [5.74, 6) is 0.534. The van der Waals surface area contributed by atoms with Crippen LogP contribution in [0, 0.1) is 0 Å². The fourth-order valence-electron chi connectivity index (χ4n) is 4.41. The molecule has 0 atom stereocenters. The minimum atomic E-state index is 0.534. The topological polar surface area (TPSA) is 46.6 Å². The molecule has 3 aromatic rings. The van der Waals surface area contributed by atoms with Crippen LogP contribution in [0.15, 0.2) is 42.6 Å². The van der Waals surface area contributed by atoms with Gasteiger partial charge in [0.1, 0.15) is 5.65 Å². The first-order valence-corrected chi connectivity index (χ1v) is 10.6. The van der Waals surface area contributed by atoms with Crippen molar-refractivity contribution in [3.05, 3.63) is 53.9 Å². The third-order valence-electron chi connectivity index (χ3n) is 6.19. The second-order valence-electron chi connectivity index (χ2n) is 8.58. The Morgan fingerprint density at radius 1 is 1.07 bits per heavy atom. The van der Waals surface area contributed by atoms with Gasteiger partial charge in [-0.1, -0.05) is 57.4 Å². The monoisotopic (exact) mass is 376 g/mol. The number of aromatic nitrogens is 2. The van der Waals surface area contributed by atoms with Crippen LogP contribution in [0.5, 0.6) is 0 Å². The van der Waals surface area contributed by atoms with Crippen molar-refractivity contribution in [3.63, 3.8) is 0 Å². The molecule has 4 heteroatoms. The van der Waals surface area contributed by atoms with Gasteiger partial charge < -0.3 is 10.1 Å². The van der Waals surface area contributed by atoms with Crippen molar-refractivity contribution >= 4 is 11.3 Å². The number of imidazole rings is 1. The Morgan fingerprint density at radius 3 is 2.46 bits per heavy atom. The van der Waals surface area contributed by atoms with Gasteiger partial charge in [-0.25, -0.2) is 4.98 Å². The van der Waals surface area contributed by atoms with E-state index in [1.165, 1.54) is 48.9 Å². The van der Waals surface area contributed by atoms with E-state index in [0.717, 1.165) is 23.6 Å². The highest BCUT2D eigenvalue weighted by Gasteiger charge is 2.22. The zero-order valence-electron chi connectivity index (χ0n) is 17.4. The smallest absolute Gasteiger partial charge is 0.137 e. The fourth-order valence-corrected chi connectivity index (χ4v) is 4.41. The van der Waals surface area contributed by atoms with E-state index in [9.17, 15) is 0 Å². The Kier molecular flexibility index (Phi) is 5.40. The lowest BCUT2D eigenvalue weighted by atomic mass is 9.94. The van der Waals surface area contributed by atoms with E-state index >= 15 is 0 Å². The van der Waals surface area contributed by atoms with Gasteiger partial charge in [0.15, 0.2) is 0 Å². The quantitative estimate of drug-likeness (QED) is 0.642. The molecule has 0 radical (unpaired) electrons. The molecule has 1 aliphatic rings. The summed E-state index contributed by atoms with van der Waals surface area (Å²) in [6, 6.07) is 13.5. The van der Waals surface area contributed by atoms with Gasteiger partial charge in [0, 0.05) is 30.0 Å². The van der Waals surface area contributed by atoms with Crippen LogP contribution in [0.1, 0.15) is 63.1 Å². The largest absolute Gasteiger partial charge is 0.398 e. The maximum Gasteiger partial charge on any atom is 0.137 e. The van der Waals surface area contributed by atoms with Crippen LogP contribution in [0.4, 0.5) is 5.69 Å². The van der Waals surface area contributed by atoms with E-state index in [2.05, 4.69) is 54.5 Å². The number of anilines is 1. The van der Waals surface area contributed by atoms with E-state index in [4.69, 9.17) is 10.7 Å². The number of hydrogen-bond donors (Lipinski definition) is 1. The van der Waals surface area contributed by atoms with Crippen molar-refractivity contribution in [2.75, 3.05) is 12.8 Å². The van der Waals surface area contributed by atoms with Gasteiger partial charge in [0.25, 0.3) is 0 Å². The summed E-state index contributed by atoms with van der Waals surface area (Å²) in [4.78, 5) is 7.49. The third kappa shape index (κ3) is 3.79. The molecule has 0 bridgehead atoms. The van der Waals surface area contributed by atoms with Gasteiger partial charge in [0.05, 0.1) is 11.4 Å². The Balaban J connectivity index is 1.73. The maximum absolute atomic E-state index is 6.11. The molecule has 0 aliphatic heterocycles. The molecule has 0 unspecified atom stereocenters. The van der Waals surface area contributed by atoms with E-state index in [1.807, 2.05) is 18.3 Å². The number of nitrogens with two attached hydrogens (primary N) is 1. The van der Waals surface area contributed by atoms with Crippen LogP contribution in [0.2, 0.25) is 0 Å². The van der Waals surface area contributed by atoms with Crippen LogP contribution in [0.25, 0.3) is 16.9 Å². The summed E-state index contributed by atoms with van der Waals surface area (Å²) in [5, 5.41) is 0. The van der Waals surface area contributed by atoms with Crippen molar-refractivity contribution in [1.82, 2.24) is 14.3 Å². The molecule has 1 aromatic carbocycles. The number of pyridine rings is 1. The molecular formula is C24H32N4. The highest BCUT2D eigenvalue weighted by atomic mass is 15.2. The van der Waals surface area contributed by atoms with Gasteiger partial charge >= 0.3 is 0 Å². The van der Waals surface area contributed by atoms with E-state index < -0.39 is 0 Å². The molecule has 0 amide bonds. The van der Waals surface area contributed by atoms with Gasteiger partial charge in [-0.15, -0.1) is 0 Å². The Hall–Kier alpha value is -2.33. The van der Waals surface area contributed by atoms with Gasteiger partial charge in [-0.2, -0.15) is 0 Å². The van der Waals surface area contributed by atoms with Crippen molar-refractivity contribution in [2.45, 2.75) is 64.5 Å². The second-order valence-corrected chi connectivity index (χ2v) is 8.58. The summed E-state index contributed by atoms with van der Waals surface area (Å²) < 4.78 is 2.18. The number of hydrogen-bond acceptors (Lipinski definition) is 3. The Labute approximate surface area is 168 Å². The fraction of sp³-hybridized carbons (Fsp3) is 0.458. The lowest BCUT2D eigenvalue weighted by molar-refractivity contribution is 0.182. The molecule has 2 aromatic heterocycles. The number of nitrogens with zero attached hydrogens (tertiary/aromatic N) is 3. The molecule has 1 aliphatic carbocycles. The summed E-state index contributed by atoms with van der Waals surface area (Å²) in [6.07, 6.45) is 8.68. The molecule has 4 rings (SSSR count). The number of nitrogen functional groups attached to an aromatic ring is 1. The van der Waals surface area contributed by atoms with Crippen molar-refractivity contribution in [1.29, 1.82) is 0 Å². The summed E-state index contributed by atoms with van der Waals surface area (Å²) in [5.41, 5.74) is 12.7. The van der Waals surface area contributed by atoms with E-state index in [0.29, 0.717) is 12.0 Å². The first-order valence-electron chi connectivity index (χ1n) is 10.6. The van der Waals surface area contributed by atoms with Crippen LogP contribution >= 0.6 is 0 Å². The van der Waals surface area contributed by atoms with Crippen LogP contribution < -0.4 is 5.73 Å². The summed E-state index contributed by atoms with van der Waals surface area (Å²) in [7, 11) is 2.26.